The van der Waals surface area contributed by atoms with Crippen molar-refractivity contribution < 1.29 is 9.53 Å². The first-order chi connectivity index (χ1) is 12.3. The van der Waals surface area contributed by atoms with Crippen molar-refractivity contribution in [1.82, 2.24) is 0 Å². The van der Waals surface area contributed by atoms with E-state index in [-0.39, 0.29) is 0 Å². The standard InChI is InChI=1S/C23H22O2/c1-2-3-16-25-23-14-12-22(13-15-23)21-10-8-20(9-11-21)19-6-4-18(17-24)5-7-19/h4-15,17H,2-3,16H2,1H3. The molecular formula is C23H22O2. The quantitative estimate of drug-likeness (QED) is 0.391. The number of rotatable bonds is 7. The van der Waals surface area contributed by atoms with Gasteiger partial charge in [0, 0.05) is 5.56 Å². The molecule has 0 unspecified atom stereocenters. The Hall–Kier alpha value is -2.87. The van der Waals surface area contributed by atoms with Crippen LogP contribution in [0.5, 0.6) is 5.75 Å². The van der Waals surface area contributed by atoms with Crippen LogP contribution in [0.3, 0.4) is 0 Å². The molecule has 0 radical (unpaired) electrons. The number of ether oxygens (including phenoxy) is 1. The van der Waals surface area contributed by atoms with E-state index < -0.39 is 0 Å². The van der Waals surface area contributed by atoms with Crippen molar-refractivity contribution in [2.24, 2.45) is 0 Å². The molecular weight excluding hydrogens is 308 g/mol. The van der Waals surface area contributed by atoms with Gasteiger partial charge in [-0.3, -0.25) is 4.79 Å². The van der Waals surface area contributed by atoms with Gasteiger partial charge in [0.05, 0.1) is 6.61 Å². The number of hydrogen-bond acceptors (Lipinski definition) is 2. The maximum atomic E-state index is 10.7. The maximum Gasteiger partial charge on any atom is 0.150 e. The zero-order valence-electron chi connectivity index (χ0n) is 14.4. The van der Waals surface area contributed by atoms with Gasteiger partial charge in [-0.05, 0) is 40.8 Å². The molecule has 0 saturated heterocycles. The van der Waals surface area contributed by atoms with E-state index in [0.717, 1.165) is 42.6 Å². The Balaban J connectivity index is 1.72. The predicted octanol–water partition coefficient (Wildman–Crippen LogP) is 6.01. The van der Waals surface area contributed by atoms with E-state index in [9.17, 15) is 4.79 Å². The molecule has 0 spiro atoms. The molecule has 0 atom stereocenters. The first-order valence-electron chi connectivity index (χ1n) is 8.69. The van der Waals surface area contributed by atoms with Crippen molar-refractivity contribution in [3.05, 3.63) is 78.4 Å². The Bertz CT molecular complexity index is 800. The molecule has 0 heterocycles. The van der Waals surface area contributed by atoms with Gasteiger partial charge in [0.15, 0.2) is 0 Å². The molecule has 0 saturated carbocycles. The van der Waals surface area contributed by atoms with Crippen LogP contribution in [0.1, 0.15) is 30.1 Å². The van der Waals surface area contributed by atoms with Crippen LogP contribution in [0.15, 0.2) is 72.8 Å². The van der Waals surface area contributed by atoms with Gasteiger partial charge in [-0.15, -0.1) is 0 Å². The lowest BCUT2D eigenvalue weighted by Crippen LogP contribution is -1.95. The highest BCUT2D eigenvalue weighted by molar-refractivity contribution is 5.77. The van der Waals surface area contributed by atoms with Crippen LogP contribution < -0.4 is 4.74 Å². The lowest BCUT2D eigenvalue weighted by atomic mass is 10.00. The topological polar surface area (TPSA) is 26.3 Å². The highest BCUT2D eigenvalue weighted by Crippen LogP contribution is 2.26. The third kappa shape index (κ3) is 4.36. The van der Waals surface area contributed by atoms with Crippen LogP contribution in [0, 0.1) is 0 Å². The highest BCUT2D eigenvalue weighted by Gasteiger charge is 2.02. The second kappa shape index (κ2) is 8.29. The Morgan fingerprint density at radius 2 is 1.16 bits per heavy atom. The van der Waals surface area contributed by atoms with Crippen LogP contribution in [0.4, 0.5) is 0 Å². The number of carbonyl (C=O) groups is 1. The average Bonchev–Trinajstić information content (AvgIpc) is 2.69. The van der Waals surface area contributed by atoms with Gasteiger partial charge in [0.25, 0.3) is 0 Å². The van der Waals surface area contributed by atoms with Crippen LogP contribution >= 0.6 is 0 Å². The van der Waals surface area contributed by atoms with Crippen molar-refractivity contribution in [1.29, 1.82) is 0 Å². The zero-order valence-corrected chi connectivity index (χ0v) is 14.4. The summed E-state index contributed by atoms with van der Waals surface area (Å²) in [4.78, 5) is 10.7. The number of unbranched alkanes of at least 4 members (excludes halogenated alkanes) is 1. The lowest BCUT2D eigenvalue weighted by Gasteiger charge is -2.08. The van der Waals surface area contributed by atoms with E-state index >= 15 is 0 Å². The summed E-state index contributed by atoms with van der Waals surface area (Å²) in [6, 6.07) is 24.3. The van der Waals surface area contributed by atoms with Crippen molar-refractivity contribution in [3.63, 3.8) is 0 Å². The van der Waals surface area contributed by atoms with Crippen molar-refractivity contribution in [3.8, 4) is 28.0 Å². The van der Waals surface area contributed by atoms with E-state index in [4.69, 9.17) is 4.74 Å². The molecule has 0 aliphatic rings. The molecule has 3 aromatic rings. The summed E-state index contributed by atoms with van der Waals surface area (Å²) >= 11 is 0. The van der Waals surface area contributed by atoms with Crippen LogP contribution in [-0.4, -0.2) is 12.9 Å². The third-order valence-electron chi connectivity index (χ3n) is 4.22. The third-order valence-corrected chi connectivity index (χ3v) is 4.22. The van der Waals surface area contributed by atoms with E-state index in [1.807, 2.05) is 36.4 Å². The summed E-state index contributed by atoms with van der Waals surface area (Å²) in [5, 5.41) is 0. The molecule has 2 nitrogen and oxygen atoms in total. The van der Waals surface area contributed by atoms with Crippen molar-refractivity contribution in [2.45, 2.75) is 19.8 Å². The van der Waals surface area contributed by atoms with Gasteiger partial charge in [0.2, 0.25) is 0 Å². The second-order valence-electron chi connectivity index (χ2n) is 6.04. The van der Waals surface area contributed by atoms with E-state index in [1.54, 1.807) is 0 Å². The Kier molecular flexibility index (Phi) is 5.63. The van der Waals surface area contributed by atoms with Gasteiger partial charge in [0.1, 0.15) is 12.0 Å². The van der Waals surface area contributed by atoms with Crippen LogP contribution in [0.2, 0.25) is 0 Å². The summed E-state index contributed by atoms with van der Waals surface area (Å²) in [5.74, 6) is 0.920. The minimum Gasteiger partial charge on any atom is -0.494 e. The fraction of sp³-hybridized carbons (Fsp3) is 0.174. The second-order valence-corrected chi connectivity index (χ2v) is 6.04. The first kappa shape index (κ1) is 17.0. The molecule has 0 fully saturated rings. The average molecular weight is 330 g/mol. The minimum absolute atomic E-state index is 0.696. The normalized spacial score (nSPS) is 10.4. The van der Waals surface area contributed by atoms with Gasteiger partial charge < -0.3 is 4.74 Å². The van der Waals surface area contributed by atoms with Crippen molar-refractivity contribution in [2.75, 3.05) is 6.61 Å². The molecule has 126 valence electrons. The summed E-state index contributed by atoms with van der Waals surface area (Å²) in [5.41, 5.74) is 5.29. The number of aldehydes is 1. The Morgan fingerprint density at radius 1 is 0.720 bits per heavy atom. The minimum atomic E-state index is 0.696. The first-order valence-corrected chi connectivity index (χ1v) is 8.69. The van der Waals surface area contributed by atoms with E-state index in [2.05, 4.69) is 43.3 Å². The summed E-state index contributed by atoms with van der Waals surface area (Å²) in [6.45, 7) is 2.93. The monoisotopic (exact) mass is 330 g/mol. The van der Waals surface area contributed by atoms with Crippen LogP contribution in [-0.2, 0) is 0 Å². The maximum absolute atomic E-state index is 10.7. The van der Waals surface area contributed by atoms with Gasteiger partial charge >= 0.3 is 0 Å². The number of benzene rings is 3. The molecule has 0 aromatic heterocycles. The fourth-order valence-electron chi connectivity index (χ4n) is 2.69. The number of carbonyl (C=O) groups excluding carboxylic acids is 1. The van der Waals surface area contributed by atoms with E-state index in [0.29, 0.717) is 5.56 Å². The molecule has 0 bridgehead atoms. The SMILES string of the molecule is CCCCOc1ccc(-c2ccc(-c3ccc(C=O)cc3)cc2)cc1. The molecule has 2 heteroatoms. The molecule has 3 aromatic carbocycles. The Morgan fingerprint density at radius 3 is 1.60 bits per heavy atom. The smallest absolute Gasteiger partial charge is 0.150 e. The summed E-state index contributed by atoms with van der Waals surface area (Å²) in [7, 11) is 0. The summed E-state index contributed by atoms with van der Waals surface area (Å²) in [6.07, 6.45) is 3.09. The highest BCUT2D eigenvalue weighted by atomic mass is 16.5. The fourth-order valence-corrected chi connectivity index (χ4v) is 2.69. The molecule has 0 aliphatic heterocycles. The van der Waals surface area contributed by atoms with Gasteiger partial charge in [-0.1, -0.05) is 74.0 Å². The lowest BCUT2D eigenvalue weighted by molar-refractivity contribution is 0.112. The van der Waals surface area contributed by atoms with E-state index in [1.165, 1.54) is 11.1 Å². The molecule has 0 amide bonds. The van der Waals surface area contributed by atoms with Gasteiger partial charge in [-0.25, -0.2) is 0 Å². The Labute approximate surface area is 149 Å². The zero-order chi connectivity index (χ0) is 17.5. The summed E-state index contributed by atoms with van der Waals surface area (Å²) < 4.78 is 5.71. The molecule has 0 aliphatic carbocycles. The molecule has 0 N–H and O–H groups in total. The molecule has 25 heavy (non-hydrogen) atoms. The van der Waals surface area contributed by atoms with Gasteiger partial charge in [-0.2, -0.15) is 0 Å². The predicted molar refractivity (Wildman–Crippen MR) is 103 cm³/mol. The number of hydrogen-bond donors (Lipinski definition) is 0. The van der Waals surface area contributed by atoms with Crippen LogP contribution in [0.25, 0.3) is 22.3 Å². The molecule has 3 rings (SSSR count). The largest absolute Gasteiger partial charge is 0.494 e. The van der Waals surface area contributed by atoms with Crippen molar-refractivity contribution >= 4 is 6.29 Å².